The number of aromatic nitrogens is 1. The van der Waals surface area contributed by atoms with Crippen molar-refractivity contribution in [2.75, 3.05) is 0 Å². The predicted octanol–water partition coefficient (Wildman–Crippen LogP) is 10.2. The molecule has 0 N–H and O–H groups in total. The van der Waals surface area contributed by atoms with Crippen LogP contribution in [0.15, 0.2) is 160 Å². The summed E-state index contributed by atoms with van der Waals surface area (Å²) in [4.78, 5) is 0. The fourth-order valence-electron chi connectivity index (χ4n) is 5.46. The average molecular weight is 571 g/mol. The Hall–Kier alpha value is -5.67. The van der Waals surface area contributed by atoms with Crippen LogP contribution in [0.1, 0.15) is 41.8 Å². The Labute approximate surface area is 273 Å². The van der Waals surface area contributed by atoms with Gasteiger partial charge in [0.1, 0.15) is 18.1 Å². The van der Waals surface area contributed by atoms with Gasteiger partial charge in [0.2, 0.25) is 6.04 Å². The molecule has 0 aliphatic rings. The van der Waals surface area contributed by atoms with Crippen molar-refractivity contribution in [1.82, 2.24) is 0 Å². The van der Waals surface area contributed by atoms with Gasteiger partial charge in [0.15, 0.2) is 11.8 Å². The van der Waals surface area contributed by atoms with E-state index in [2.05, 4.69) is 0 Å². The monoisotopic (exact) mass is 570 g/mol. The molecule has 0 saturated heterocycles. The average Bonchev–Trinajstić information content (AvgIpc) is 3.83. The molecule has 0 bridgehead atoms. The van der Waals surface area contributed by atoms with Gasteiger partial charge in [-0.1, -0.05) is 121 Å². The van der Waals surface area contributed by atoms with Crippen molar-refractivity contribution in [3.63, 3.8) is 0 Å². The second-order valence-electron chi connectivity index (χ2n) is 9.73. The number of fused-ring (bicyclic) bond motifs is 8. The largest absolute Gasteiger partial charge is 0.455 e. The van der Waals surface area contributed by atoms with E-state index in [1.807, 2.05) is 6.07 Å². The van der Waals surface area contributed by atoms with Crippen LogP contribution < -0.4 is 4.57 Å². The van der Waals surface area contributed by atoms with Gasteiger partial charge in [0.25, 0.3) is 5.52 Å². The Morgan fingerprint density at radius 3 is 2.21 bits per heavy atom. The summed E-state index contributed by atoms with van der Waals surface area (Å²) >= 11 is 0. The Morgan fingerprint density at radius 2 is 1.30 bits per heavy atom. The molecular weight excluding hydrogens is 526 g/mol. The second-order valence-corrected chi connectivity index (χ2v) is 9.73. The molecule has 3 heteroatoms. The van der Waals surface area contributed by atoms with Gasteiger partial charge in [0.05, 0.1) is 28.7 Å². The van der Waals surface area contributed by atoms with Gasteiger partial charge in [-0.25, -0.2) is 0 Å². The summed E-state index contributed by atoms with van der Waals surface area (Å²) in [5.74, 6) is 0. The summed E-state index contributed by atoms with van der Waals surface area (Å²) in [5.41, 5.74) is -2.13. The van der Waals surface area contributed by atoms with Gasteiger partial charge in [-0.15, -0.1) is 0 Å². The topological polar surface area (TPSA) is 30.2 Å². The summed E-state index contributed by atoms with van der Waals surface area (Å²) in [7, 11) is 0. The number of rotatable bonds is 4. The standard InChI is InChI=1S/C40H26NO2/c1-2-11-28(12-3-1)37(41-25-9-18-36-38(41)34-24-23-26-10-4-5-13-30(26)40(34)43-36)29-21-19-27(20-22-29)31-15-8-16-33-32-14-6-7-17-35(32)42-39(31)33/h1-25,37H/q+1/i1D,2D,3D,4D,5D,9D,10D,11D,12D,13D,18D,19D,20D,21D,22D,23D,24D,25D. The first-order chi connectivity index (χ1) is 28.8. The van der Waals surface area contributed by atoms with Gasteiger partial charge in [-0.05, 0) is 29.1 Å². The van der Waals surface area contributed by atoms with E-state index in [-0.39, 0.29) is 22.1 Å². The van der Waals surface area contributed by atoms with Gasteiger partial charge in [-0.3, -0.25) is 0 Å². The smallest absolute Gasteiger partial charge is 0.260 e. The SMILES string of the molecule is [2H]c1c([2H])c([2H])c(C(c2c([2H])c([2H])c(-c3cccc4c3oc3ccccc34)c([2H])c2[2H])[n+]2c([2H])c([2H])c([2H])c3oc4c5c([2H])c([2H])c([2H])c([2H])c5c([2H])c([2H])c4c32)c([2H])c1[2H]. The maximum absolute atomic E-state index is 9.53. The molecule has 0 saturated carbocycles. The van der Waals surface area contributed by atoms with E-state index in [9.17, 15) is 8.22 Å². The second kappa shape index (κ2) is 9.43. The van der Waals surface area contributed by atoms with Crippen LogP contribution in [0.4, 0.5) is 0 Å². The fourth-order valence-corrected chi connectivity index (χ4v) is 5.46. The predicted molar refractivity (Wildman–Crippen MR) is 174 cm³/mol. The Morgan fingerprint density at radius 1 is 0.535 bits per heavy atom. The van der Waals surface area contributed by atoms with Crippen molar-refractivity contribution in [2.24, 2.45) is 0 Å². The summed E-state index contributed by atoms with van der Waals surface area (Å²) < 4.78 is 174. The van der Waals surface area contributed by atoms with Crippen molar-refractivity contribution >= 4 is 54.8 Å². The van der Waals surface area contributed by atoms with Crippen LogP contribution in [0, 0.1) is 0 Å². The molecule has 0 amide bonds. The lowest BCUT2D eigenvalue weighted by molar-refractivity contribution is -0.678. The zero-order chi connectivity index (χ0) is 44.0. The van der Waals surface area contributed by atoms with Crippen LogP contribution in [-0.2, 0) is 0 Å². The minimum Gasteiger partial charge on any atom is -0.455 e. The number of nitrogens with zero attached hydrogens (tertiary/aromatic N) is 1. The number of hydrogen-bond donors (Lipinski definition) is 0. The first-order valence-electron chi connectivity index (χ1n) is 22.2. The number of hydrogen-bond acceptors (Lipinski definition) is 2. The fraction of sp³-hybridized carbons (Fsp3) is 0.0250. The molecule has 0 aliphatic carbocycles. The minimum absolute atomic E-state index is 0.180. The summed E-state index contributed by atoms with van der Waals surface area (Å²) in [6.07, 6.45) is -0.925. The molecule has 3 heterocycles. The molecule has 0 spiro atoms. The molecule has 1 atom stereocenters. The van der Waals surface area contributed by atoms with Crippen LogP contribution in [0.25, 0.3) is 65.9 Å². The summed E-state index contributed by atoms with van der Waals surface area (Å²) in [5, 5.41) is 0.121. The molecule has 1 unspecified atom stereocenters. The maximum atomic E-state index is 9.53. The molecule has 0 aliphatic heterocycles. The van der Waals surface area contributed by atoms with Crippen molar-refractivity contribution in [3.8, 4) is 11.1 Å². The van der Waals surface area contributed by atoms with Crippen LogP contribution in [0.5, 0.6) is 0 Å². The van der Waals surface area contributed by atoms with Crippen molar-refractivity contribution in [1.29, 1.82) is 0 Å². The molecule has 9 rings (SSSR count). The number of furan rings is 2. The van der Waals surface area contributed by atoms with E-state index in [1.165, 1.54) is 0 Å². The zero-order valence-electron chi connectivity index (χ0n) is 39.9. The number of pyridine rings is 1. The quantitative estimate of drug-likeness (QED) is 0.197. The minimum atomic E-state index is -2.13. The molecule has 43 heavy (non-hydrogen) atoms. The number of para-hydroxylation sites is 2. The molecule has 3 nitrogen and oxygen atoms in total. The van der Waals surface area contributed by atoms with Gasteiger partial charge in [-0.2, -0.15) is 4.57 Å². The van der Waals surface area contributed by atoms with E-state index >= 15 is 0 Å². The van der Waals surface area contributed by atoms with Crippen LogP contribution in [0.2, 0.25) is 0 Å². The molecule has 6 aromatic carbocycles. The van der Waals surface area contributed by atoms with E-state index in [4.69, 9.17) is 25.3 Å². The third-order valence-electron chi connectivity index (χ3n) is 7.35. The van der Waals surface area contributed by atoms with E-state index in [0.717, 1.165) is 9.95 Å². The van der Waals surface area contributed by atoms with E-state index < -0.39 is 154 Å². The normalized spacial score (nSPS) is 18.4. The molecule has 3 aromatic heterocycles. The van der Waals surface area contributed by atoms with Crippen LogP contribution >= 0.6 is 0 Å². The van der Waals surface area contributed by atoms with E-state index in [0.29, 0.717) is 11.0 Å². The zero-order valence-corrected chi connectivity index (χ0v) is 21.9. The van der Waals surface area contributed by atoms with Crippen molar-refractivity contribution < 1.29 is 38.1 Å². The summed E-state index contributed by atoms with van der Waals surface area (Å²) in [6.45, 7) is 0. The molecular formula is C40H26NO2+. The third-order valence-corrected chi connectivity index (χ3v) is 7.35. The van der Waals surface area contributed by atoms with E-state index in [1.54, 1.807) is 36.4 Å². The lowest BCUT2D eigenvalue weighted by Crippen LogP contribution is -2.41. The van der Waals surface area contributed by atoms with Crippen LogP contribution in [0.3, 0.4) is 0 Å². The van der Waals surface area contributed by atoms with Crippen LogP contribution in [-0.4, -0.2) is 0 Å². The van der Waals surface area contributed by atoms with Gasteiger partial charge < -0.3 is 8.83 Å². The highest BCUT2D eigenvalue weighted by atomic mass is 16.3. The molecule has 202 valence electrons. The highest BCUT2D eigenvalue weighted by Gasteiger charge is 2.29. The highest BCUT2D eigenvalue weighted by Crippen LogP contribution is 2.37. The molecule has 0 radical (unpaired) electrons. The maximum Gasteiger partial charge on any atom is 0.260 e. The first kappa shape index (κ1) is 12.3. The molecule has 9 aromatic rings. The Kier molecular flexibility index (Phi) is 2.70. The summed E-state index contributed by atoms with van der Waals surface area (Å²) in [6, 6.07) is -3.14. The van der Waals surface area contributed by atoms with Crippen molar-refractivity contribution in [3.05, 3.63) is 162 Å². The Balaban J connectivity index is 1.49. The van der Waals surface area contributed by atoms with Gasteiger partial charge in [0, 0.05) is 38.9 Å². The number of benzene rings is 6. The Bertz CT molecular complexity index is 3430. The first-order valence-corrected chi connectivity index (χ1v) is 13.2. The van der Waals surface area contributed by atoms with Gasteiger partial charge >= 0.3 is 0 Å². The molecule has 0 fully saturated rings. The lowest BCUT2D eigenvalue weighted by atomic mass is 9.95. The lowest BCUT2D eigenvalue weighted by Gasteiger charge is -2.15. The third kappa shape index (κ3) is 3.72. The highest BCUT2D eigenvalue weighted by molar-refractivity contribution is 6.13. The van der Waals surface area contributed by atoms with Crippen molar-refractivity contribution in [2.45, 2.75) is 6.04 Å².